The minimum Gasteiger partial charge on any atom is -0.510 e. The number of ketones is 3. The molecule has 11 heteroatoms. The van der Waals surface area contributed by atoms with E-state index in [4.69, 9.17) is 5.73 Å². The highest BCUT2D eigenvalue weighted by Gasteiger charge is 2.63. The molecule has 0 heterocycles. The maximum Gasteiger partial charge on any atom is 0.255 e. The largest absolute Gasteiger partial charge is 0.510 e. The minimum atomic E-state index is -2.69. The Bertz CT molecular complexity index is 1340. The smallest absolute Gasteiger partial charge is 0.255 e. The Kier molecular flexibility index (Phi) is 6.20. The first-order chi connectivity index (χ1) is 17.9. The number of phenolic OH excluding ortho intramolecular Hbond substituents is 1. The van der Waals surface area contributed by atoms with Gasteiger partial charge in [-0.25, -0.2) is 0 Å². The molecule has 38 heavy (non-hydrogen) atoms. The van der Waals surface area contributed by atoms with Crippen LogP contribution in [0.2, 0.25) is 0 Å². The molecule has 1 aromatic carbocycles. The number of hydrogen-bond donors (Lipinski definition) is 6. The number of rotatable bonds is 6. The highest BCUT2D eigenvalue weighted by molar-refractivity contribution is 6.25. The molecule has 1 aromatic rings. The van der Waals surface area contributed by atoms with Crippen LogP contribution in [0.1, 0.15) is 52.0 Å². The van der Waals surface area contributed by atoms with Gasteiger partial charge in [0.25, 0.3) is 5.91 Å². The number of Topliss-reactive ketones (excluding diaryl/α,β-unsaturated/α-hetero) is 3. The minimum absolute atomic E-state index is 0.0324. The zero-order valence-corrected chi connectivity index (χ0v) is 21.2. The molecule has 202 valence electrons. The fourth-order valence-corrected chi connectivity index (χ4v) is 6.46. The fourth-order valence-electron chi connectivity index (χ4n) is 6.46. The van der Waals surface area contributed by atoms with Crippen LogP contribution in [0, 0.1) is 11.8 Å². The van der Waals surface area contributed by atoms with Crippen LogP contribution in [0.4, 0.5) is 0 Å². The van der Waals surface area contributed by atoms with Crippen LogP contribution < -0.4 is 11.1 Å². The van der Waals surface area contributed by atoms with Crippen LogP contribution >= 0.6 is 0 Å². The predicted octanol–water partition coefficient (Wildman–Crippen LogP) is 0.445. The third kappa shape index (κ3) is 3.60. The Morgan fingerprint density at radius 1 is 1.16 bits per heavy atom. The number of benzene rings is 1. The molecular formula is C27H31N3O8. The number of amides is 1. The zero-order chi connectivity index (χ0) is 27.7. The average Bonchev–Trinajstić information content (AvgIpc) is 2.80. The van der Waals surface area contributed by atoms with Crippen molar-refractivity contribution in [2.24, 2.45) is 17.6 Å². The molecule has 1 fully saturated rings. The van der Waals surface area contributed by atoms with Crippen LogP contribution in [-0.2, 0) is 16.0 Å². The number of carbonyl (C=O) groups excluding carboxylic acids is 4. The van der Waals surface area contributed by atoms with E-state index in [0.29, 0.717) is 5.56 Å². The summed E-state index contributed by atoms with van der Waals surface area (Å²) < 4.78 is 0. The summed E-state index contributed by atoms with van der Waals surface area (Å²) in [6.45, 7) is 0.0723. The number of aliphatic hydroxyl groups excluding tert-OH is 2. The van der Waals surface area contributed by atoms with E-state index in [2.05, 4.69) is 5.32 Å². The number of hydrogen-bond acceptors (Lipinski definition) is 10. The Balaban J connectivity index is 1.61. The molecule has 5 rings (SSSR count). The van der Waals surface area contributed by atoms with Crippen LogP contribution in [0.5, 0.6) is 5.75 Å². The molecule has 11 nitrogen and oxygen atoms in total. The van der Waals surface area contributed by atoms with Crippen molar-refractivity contribution in [2.75, 3.05) is 20.6 Å². The topological polar surface area (TPSA) is 190 Å². The number of phenols is 1. The van der Waals surface area contributed by atoms with Gasteiger partial charge in [0.1, 0.15) is 22.8 Å². The molecular weight excluding hydrogens is 494 g/mol. The molecule has 1 saturated carbocycles. The summed E-state index contributed by atoms with van der Waals surface area (Å²) in [5.74, 6) is -7.41. The van der Waals surface area contributed by atoms with Crippen molar-refractivity contribution >= 4 is 23.3 Å². The number of primary amides is 1. The van der Waals surface area contributed by atoms with Crippen LogP contribution in [0.25, 0.3) is 0 Å². The van der Waals surface area contributed by atoms with Crippen LogP contribution in [0.3, 0.4) is 0 Å². The van der Waals surface area contributed by atoms with Gasteiger partial charge < -0.3 is 31.5 Å². The van der Waals surface area contributed by atoms with Gasteiger partial charge in [-0.2, -0.15) is 0 Å². The molecule has 0 aromatic heterocycles. The number of carbonyl (C=O) groups is 4. The van der Waals surface area contributed by atoms with Gasteiger partial charge in [-0.1, -0.05) is 6.42 Å². The highest BCUT2D eigenvalue weighted by Crippen LogP contribution is 2.52. The average molecular weight is 526 g/mol. The summed E-state index contributed by atoms with van der Waals surface area (Å²) >= 11 is 0. The van der Waals surface area contributed by atoms with Gasteiger partial charge in [0.15, 0.2) is 17.2 Å². The first-order valence-corrected chi connectivity index (χ1v) is 12.7. The Labute approximate surface area is 218 Å². The summed E-state index contributed by atoms with van der Waals surface area (Å²) in [5, 5.41) is 47.6. The van der Waals surface area contributed by atoms with Crippen molar-refractivity contribution in [1.29, 1.82) is 0 Å². The van der Waals surface area contributed by atoms with Gasteiger partial charge in [0, 0.05) is 23.1 Å². The second kappa shape index (κ2) is 9.04. The Hall–Kier alpha value is -3.54. The quantitative estimate of drug-likeness (QED) is 0.224. The van der Waals surface area contributed by atoms with Crippen molar-refractivity contribution in [3.8, 4) is 5.75 Å². The zero-order valence-electron chi connectivity index (χ0n) is 21.2. The molecule has 0 bridgehead atoms. The van der Waals surface area contributed by atoms with Crippen molar-refractivity contribution < 1.29 is 39.6 Å². The molecule has 0 unspecified atom stereocenters. The normalized spacial score (nSPS) is 29.1. The maximum atomic E-state index is 13.7. The van der Waals surface area contributed by atoms with Crippen molar-refractivity contribution in [3.05, 3.63) is 51.5 Å². The number of nitrogens with zero attached hydrogens (tertiary/aromatic N) is 1. The first kappa shape index (κ1) is 26.1. The van der Waals surface area contributed by atoms with Crippen molar-refractivity contribution in [3.63, 3.8) is 0 Å². The summed E-state index contributed by atoms with van der Waals surface area (Å²) in [4.78, 5) is 53.7. The van der Waals surface area contributed by atoms with Gasteiger partial charge in [0.2, 0.25) is 5.78 Å². The van der Waals surface area contributed by atoms with Gasteiger partial charge in [-0.05, 0) is 63.4 Å². The summed E-state index contributed by atoms with van der Waals surface area (Å²) in [5.41, 5.74) is 1.99. The number of aromatic hydroxyl groups is 1. The molecule has 0 spiro atoms. The molecule has 4 atom stereocenters. The Morgan fingerprint density at radius 2 is 1.84 bits per heavy atom. The third-order valence-electron chi connectivity index (χ3n) is 8.56. The van der Waals surface area contributed by atoms with Crippen molar-refractivity contribution in [2.45, 2.75) is 49.8 Å². The van der Waals surface area contributed by atoms with Gasteiger partial charge in [0.05, 0.1) is 18.2 Å². The number of allylic oxidation sites excluding steroid dienone is 1. The maximum absolute atomic E-state index is 13.7. The van der Waals surface area contributed by atoms with Gasteiger partial charge in [-0.3, -0.25) is 24.1 Å². The van der Waals surface area contributed by atoms with E-state index in [9.17, 15) is 39.6 Å². The second-order valence-electron chi connectivity index (χ2n) is 10.9. The number of nitrogens with one attached hydrogen (secondary N) is 1. The van der Waals surface area contributed by atoms with Gasteiger partial charge in [-0.15, -0.1) is 0 Å². The lowest BCUT2D eigenvalue weighted by molar-refractivity contribution is -0.148. The first-order valence-electron chi connectivity index (χ1n) is 12.7. The monoisotopic (exact) mass is 525 g/mol. The predicted molar refractivity (Wildman–Crippen MR) is 134 cm³/mol. The van der Waals surface area contributed by atoms with E-state index >= 15 is 0 Å². The summed E-state index contributed by atoms with van der Waals surface area (Å²) in [6, 6.07) is 1.91. The lowest BCUT2D eigenvalue weighted by Gasteiger charge is -2.50. The summed E-state index contributed by atoms with van der Waals surface area (Å²) in [6.07, 6.45) is 3.13. The second-order valence-corrected chi connectivity index (χ2v) is 10.9. The van der Waals surface area contributed by atoms with E-state index in [-0.39, 0.29) is 47.9 Å². The van der Waals surface area contributed by atoms with E-state index in [1.807, 2.05) is 0 Å². The number of likely N-dealkylation sites (N-methyl/N-ethyl adjacent to an activating group) is 1. The molecule has 1 amide bonds. The SMILES string of the molecule is CN(C)[C@@H]1C(O)=C(C(N)=O)C(=O)[C@@]2(O)C(O)=C3C(=O)c4c(O)ccc(C(=O)CNC5CCC5)c4C[C@H]3C[C@@H]12. The highest BCUT2D eigenvalue weighted by atomic mass is 16.3. The molecule has 4 aliphatic rings. The molecule has 4 aliphatic carbocycles. The van der Waals surface area contributed by atoms with E-state index < -0.39 is 63.8 Å². The lowest BCUT2D eigenvalue weighted by Crippen LogP contribution is -2.63. The molecule has 0 aliphatic heterocycles. The lowest BCUT2D eigenvalue weighted by atomic mass is 9.58. The molecule has 0 saturated heterocycles. The van der Waals surface area contributed by atoms with Crippen LogP contribution in [-0.4, -0.2) is 86.9 Å². The Morgan fingerprint density at radius 3 is 2.42 bits per heavy atom. The third-order valence-corrected chi connectivity index (χ3v) is 8.56. The molecule has 0 radical (unpaired) electrons. The number of nitrogens with two attached hydrogens (primary N) is 1. The van der Waals surface area contributed by atoms with E-state index in [1.165, 1.54) is 17.0 Å². The number of fused-ring (bicyclic) bond motifs is 3. The van der Waals surface area contributed by atoms with E-state index in [0.717, 1.165) is 19.3 Å². The standard InChI is InChI=1S/C27H31N3O8/c1-30(2)21-15-9-11-8-14-13(17(32)10-29-12-4-3-5-12)6-7-16(31)19(14)22(33)18(11)24(35)27(15,38)25(36)20(23(21)34)26(28)37/h6-7,11-12,15,21,29,31,34-35,38H,3-5,8-10H2,1-2H3,(H2,28,37)/t11-,15-,21-,27-/m0/s1. The van der Waals surface area contributed by atoms with Crippen LogP contribution in [0.15, 0.2) is 34.8 Å². The van der Waals surface area contributed by atoms with Crippen molar-refractivity contribution in [1.82, 2.24) is 10.2 Å². The fraction of sp³-hybridized carbons (Fsp3) is 0.481. The van der Waals surface area contributed by atoms with Gasteiger partial charge >= 0.3 is 0 Å². The van der Waals surface area contributed by atoms with E-state index in [1.54, 1.807) is 14.1 Å². The molecule has 7 N–H and O–H groups in total. The summed E-state index contributed by atoms with van der Waals surface area (Å²) in [7, 11) is 3.13. The number of aliphatic hydroxyl groups is 3.